The summed E-state index contributed by atoms with van der Waals surface area (Å²) in [6.07, 6.45) is 1.08. The Morgan fingerprint density at radius 2 is 1.14 bits per heavy atom. The third-order valence-electron chi connectivity index (χ3n) is 4.40. The zero-order valence-electron chi connectivity index (χ0n) is 12.0. The molecule has 0 fully saturated rings. The number of hydrogen-bond acceptors (Lipinski definition) is 2. The summed E-state index contributed by atoms with van der Waals surface area (Å²) in [7, 11) is 0. The first-order valence-electron chi connectivity index (χ1n) is 7.24. The number of rotatable bonds is 0. The van der Waals surface area contributed by atoms with E-state index >= 15 is 0 Å². The van der Waals surface area contributed by atoms with E-state index in [0.29, 0.717) is 0 Å². The summed E-state index contributed by atoms with van der Waals surface area (Å²) in [6.45, 7) is 4.39. The molecule has 2 aromatic heterocycles. The number of hydrogen-bond donors (Lipinski definition) is 0. The summed E-state index contributed by atoms with van der Waals surface area (Å²) >= 11 is 3.81. The van der Waals surface area contributed by atoms with Crippen molar-refractivity contribution in [3.63, 3.8) is 0 Å². The highest BCUT2D eigenvalue weighted by Gasteiger charge is 2.20. The van der Waals surface area contributed by atoms with Gasteiger partial charge in [-0.3, -0.25) is 0 Å². The van der Waals surface area contributed by atoms with Crippen LogP contribution >= 0.6 is 22.7 Å². The van der Waals surface area contributed by atoms with Gasteiger partial charge >= 0.3 is 0 Å². The van der Waals surface area contributed by atoms with Crippen LogP contribution in [-0.2, 0) is 6.42 Å². The van der Waals surface area contributed by atoms with Gasteiger partial charge < -0.3 is 0 Å². The van der Waals surface area contributed by atoms with E-state index in [1.54, 1.807) is 0 Å². The number of thiophene rings is 2. The van der Waals surface area contributed by atoms with Gasteiger partial charge in [-0.25, -0.2) is 0 Å². The standard InChI is InChI=1S/C19H14S2/c1-10-3-14-6-12-5-13-7-15-4-11(2)21-19(15)9-17(13)16(12)8-18(14)20-10/h3-4,6-9H,5H2,1-2H3. The van der Waals surface area contributed by atoms with Crippen molar-refractivity contribution in [1.82, 2.24) is 0 Å². The van der Waals surface area contributed by atoms with E-state index in [0.717, 1.165) is 6.42 Å². The second-order valence-electron chi connectivity index (χ2n) is 5.99. The number of aryl methyl sites for hydroxylation is 2. The van der Waals surface area contributed by atoms with E-state index in [9.17, 15) is 0 Å². The smallest absolute Gasteiger partial charge is 0.0351 e. The van der Waals surface area contributed by atoms with Crippen molar-refractivity contribution in [2.45, 2.75) is 20.3 Å². The molecule has 0 N–H and O–H groups in total. The minimum atomic E-state index is 1.08. The van der Waals surface area contributed by atoms with Crippen LogP contribution in [0.3, 0.4) is 0 Å². The zero-order valence-corrected chi connectivity index (χ0v) is 13.6. The van der Waals surface area contributed by atoms with E-state index < -0.39 is 0 Å². The van der Waals surface area contributed by atoms with Crippen molar-refractivity contribution in [2.75, 3.05) is 0 Å². The molecule has 0 saturated carbocycles. The maximum absolute atomic E-state index is 2.40. The molecule has 0 unspecified atom stereocenters. The highest BCUT2D eigenvalue weighted by atomic mass is 32.1. The van der Waals surface area contributed by atoms with Gasteiger partial charge in [0.25, 0.3) is 0 Å². The molecule has 0 amide bonds. The first-order chi connectivity index (χ1) is 10.2. The molecule has 0 radical (unpaired) electrons. The quantitative estimate of drug-likeness (QED) is 0.315. The fourth-order valence-corrected chi connectivity index (χ4v) is 5.42. The molecule has 2 aromatic carbocycles. The zero-order chi connectivity index (χ0) is 14.1. The summed E-state index contributed by atoms with van der Waals surface area (Å²) in [6, 6.07) is 14.2. The predicted molar refractivity (Wildman–Crippen MR) is 94.9 cm³/mol. The Morgan fingerprint density at radius 1 is 0.667 bits per heavy atom. The van der Waals surface area contributed by atoms with Crippen molar-refractivity contribution in [3.8, 4) is 11.1 Å². The maximum atomic E-state index is 2.40. The molecule has 21 heavy (non-hydrogen) atoms. The Kier molecular flexibility index (Phi) is 2.26. The Balaban J connectivity index is 1.82. The molecule has 0 saturated heterocycles. The Morgan fingerprint density at radius 3 is 1.62 bits per heavy atom. The van der Waals surface area contributed by atoms with Gasteiger partial charge in [0.1, 0.15) is 0 Å². The summed E-state index contributed by atoms with van der Waals surface area (Å²) in [5.74, 6) is 0. The Bertz CT molecular complexity index is 947. The summed E-state index contributed by atoms with van der Waals surface area (Å²) < 4.78 is 2.84. The van der Waals surface area contributed by atoms with Crippen LogP contribution in [0.15, 0.2) is 36.4 Å². The van der Waals surface area contributed by atoms with Crippen LogP contribution in [0.2, 0.25) is 0 Å². The molecule has 1 aliphatic rings. The van der Waals surface area contributed by atoms with Crippen LogP contribution in [0.1, 0.15) is 20.9 Å². The van der Waals surface area contributed by atoms with Crippen LogP contribution in [-0.4, -0.2) is 0 Å². The molecule has 1 aliphatic carbocycles. The molecule has 0 atom stereocenters. The van der Waals surface area contributed by atoms with Crippen molar-refractivity contribution < 1.29 is 0 Å². The highest BCUT2D eigenvalue weighted by molar-refractivity contribution is 7.19. The second kappa shape index (κ2) is 3.96. The summed E-state index contributed by atoms with van der Waals surface area (Å²) in [5, 5.41) is 2.81. The van der Waals surface area contributed by atoms with Crippen LogP contribution in [0.4, 0.5) is 0 Å². The van der Waals surface area contributed by atoms with E-state index in [4.69, 9.17) is 0 Å². The van der Waals surface area contributed by atoms with E-state index in [1.165, 1.54) is 52.2 Å². The van der Waals surface area contributed by atoms with Crippen LogP contribution in [0.25, 0.3) is 31.3 Å². The van der Waals surface area contributed by atoms with E-state index in [-0.39, 0.29) is 0 Å². The van der Waals surface area contributed by atoms with Gasteiger partial charge in [0.15, 0.2) is 0 Å². The second-order valence-corrected chi connectivity index (χ2v) is 8.56. The van der Waals surface area contributed by atoms with Crippen molar-refractivity contribution in [1.29, 1.82) is 0 Å². The molecule has 2 heteroatoms. The molecule has 2 heterocycles. The van der Waals surface area contributed by atoms with Crippen LogP contribution in [0.5, 0.6) is 0 Å². The van der Waals surface area contributed by atoms with E-state index in [1.807, 2.05) is 22.7 Å². The lowest BCUT2D eigenvalue weighted by atomic mass is 10.0. The summed E-state index contributed by atoms with van der Waals surface area (Å²) in [5.41, 5.74) is 5.88. The third-order valence-corrected chi connectivity index (χ3v) is 6.43. The third kappa shape index (κ3) is 1.66. The molecular formula is C19H14S2. The normalized spacial score (nSPS) is 13.0. The molecule has 102 valence electrons. The average Bonchev–Trinajstić information content (AvgIpc) is 3.05. The first-order valence-corrected chi connectivity index (χ1v) is 8.87. The highest BCUT2D eigenvalue weighted by Crippen LogP contribution is 2.43. The van der Waals surface area contributed by atoms with E-state index in [2.05, 4.69) is 50.2 Å². The maximum Gasteiger partial charge on any atom is 0.0351 e. The molecule has 0 aliphatic heterocycles. The van der Waals surface area contributed by atoms with Crippen LogP contribution < -0.4 is 0 Å². The molecule has 4 aromatic rings. The van der Waals surface area contributed by atoms with Gasteiger partial charge in [0.2, 0.25) is 0 Å². The number of fused-ring (bicyclic) bond motifs is 5. The molecule has 5 rings (SSSR count). The van der Waals surface area contributed by atoms with Crippen molar-refractivity contribution in [2.24, 2.45) is 0 Å². The largest absolute Gasteiger partial charge is 0.141 e. The fraction of sp³-hybridized carbons (Fsp3) is 0.158. The minimum absolute atomic E-state index is 1.08. The Labute approximate surface area is 131 Å². The van der Waals surface area contributed by atoms with Gasteiger partial charge in [-0.2, -0.15) is 0 Å². The molecule has 0 spiro atoms. The van der Waals surface area contributed by atoms with Crippen molar-refractivity contribution >= 4 is 42.8 Å². The topological polar surface area (TPSA) is 0 Å². The van der Waals surface area contributed by atoms with Crippen molar-refractivity contribution in [3.05, 3.63) is 57.3 Å². The monoisotopic (exact) mass is 306 g/mol. The molecular weight excluding hydrogens is 292 g/mol. The average molecular weight is 306 g/mol. The van der Waals surface area contributed by atoms with Gasteiger partial charge in [-0.15, -0.1) is 22.7 Å². The number of benzene rings is 2. The summed E-state index contributed by atoms with van der Waals surface area (Å²) in [4.78, 5) is 2.80. The van der Waals surface area contributed by atoms with Gasteiger partial charge in [-0.05, 0) is 89.7 Å². The van der Waals surface area contributed by atoms with Gasteiger partial charge in [0, 0.05) is 19.2 Å². The van der Waals surface area contributed by atoms with Gasteiger partial charge in [-0.1, -0.05) is 0 Å². The lowest BCUT2D eigenvalue weighted by molar-refractivity contribution is 1.28. The first kappa shape index (κ1) is 12.0. The lowest BCUT2D eigenvalue weighted by Gasteiger charge is -2.02. The fourth-order valence-electron chi connectivity index (χ4n) is 3.53. The SMILES string of the molecule is Cc1cc2cc3c(cc2s1)-c1cc2sc(C)cc2cc1C3. The molecule has 0 bridgehead atoms. The Hall–Kier alpha value is -1.64. The predicted octanol–water partition coefficient (Wildman–Crippen LogP) is 6.30. The lowest BCUT2D eigenvalue weighted by Crippen LogP contribution is -1.79. The molecule has 0 nitrogen and oxygen atoms in total. The van der Waals surface area contributed by atoms with Gasteiger partial charge in [0.05, 0.1) is 0 Å². The van der Waals surface area contributed by atoms with Crippen LogP contribution in [0, 0.1) is 13.8 Å². The minimum Gasteiger partial charge on any atom is -0.141 e.